The van der Waals surface area contributed by atoms with Crippen molar-refractivity contribution in [3.63, 3.8) is 0 Å². The lowest BCUT2D eigenvalue weighted by Crippen LogP contribution is -2.72. The molecule has 3 aromatic rings. The molecule has 0 bridgehead atoms. The molecule has 0 aliphatic carbocycles. The number of rotatable bonds is 2. The Kier molecular flexibility index (Phi) is 3.70. The van der Waals surface area contributed by atoms with Crippen LogP contribution in [0.4, 0.5) is 11.6 Å². The second kappa shape index (κ2) is 5.81. The first-order chi connectivity index (χ1) is 10.6. The first-order valence-electron chi connectivity index (χ1n) is 7.08. The molecule has 5 heteroatoms. The van der Waals surface area contributed by atoms with Crippen LogP contribution in [0.1, 0.15) is 11.4 Å². The Morgan fingerprint density at radius 3 is 2.36 bits per heavy atom. The highest BCUT2D eigenvalue weighted by Gasteiger charge is 2.06. The zero-order chi connectivity index (χ0) is 15.5. The van der Waals surface area contributed by atoms with E-state index in [1.54, 1.807) is 0 Å². The number of hydrogen-bond acceptors (Lipinski definition) is 2. The van der Waals surface area contributed by atoms with Gasteiger partial charge in [-0.2, -0.15) is 0 Å². The molecule has 0 amide bonds. The van der Waals surface area contributed by atoms with Crippen molar-refractivity contribution in [2.45, 2.75) is 13.8 Å². The van der Waals surface area contributed by atoms with Crippen molar-refractivity contribution >= 4 is 28.4 Å². The lowest BCUT2D eigenvalue weighted by molar-refractivity contribution is -0.365. The fourth-order valence-electron chi connectivity index (χ4n) is 2.36. The van der Waals surface area contributed by atoms with Gasteiger partial charge in [0.05, 0.1) is 17.1 Å². The van der Waals surface area contributed by atoms with Crippen molar-refractivity contribution < 1.29 is 4.99 Å². The van der Waals surface area contributed by atoms with Gasteiger partial charge in [0.25, 0.3) is 5.96 Å². The predicted molar refractivity (Wildman–Crippen MR) is 88.9 cm³/mol. The summed E-state index contributed by atoms with van der Waals surface area (Å²) >= 11 is 0. The highest BCUT2D eigenvalue weighted by Crippen LogP contribution is 2.18. The van der Waals surface area contributed by atoms with Crippen LogP contribution >= 0.6 is 0 Å². The standard InChI is InChI=1S/C17H17N5/c1-11-9-12(2)20-17(19-11)22-16(18)21-15-8-7-13-5-3-4-6-14(13)10-15/h3-10H,1-2H3,(H3,18,19,20,21,22)/p+1. The first-order valence-corrected chi connectivity index (χ1v) is 7.08. The minimum atomic E-state index is 0.389. The molecular weight excluding hydrogens is 274 g/mol. The Morgan fingerprint density at radius 1 is 0.955 bits per heavy atom. The number of hydrogen-bond donors (Lipinski definition) is 3. The average Bonchev–Trinajstić information content (AvgIpc) is 2.45. The molecule has 0 radical (unpaired) electrons. The second-order valence-electron chi connectivity index (χ2n) is 5.20. The second-order valence-corrected chi connectivity index (χ2v) is 5.20. The molecule has 0 fully saturated rings. The van der Waals surface area contributed by atoms with Crippen LogP contribution < -0.4 is 16.0 Å². The predicted octanol–water partition coefficient (Wildman–Crippen LogP) is 1.39. The Morgan fingerprint density at radius 2 is 1.64 bits per heavy atom. The molecule has 110 valence electrons. The smallest absolute Gasteiger partial charge is 0.322 e. The minimum absolute atomic E-state index is 0.389. The first kappa shape index (κ1) is 14.0. The van der Waals surface area contributed by atoms with Gasteiger partial charge < -0.3 is 5.73 Å². The van der Waals surface area contributed by atoms with Crippen LogP contribution in [0, 0.1) is 13.8 Å². The summed E-state index contributed by atoms with van der Waals surface area (Å²) < 4.78 is 0. The summed E-state index contributed by atoms with van der Waals surface area (Å²) in [4.78, 5) is 11.6. The number of aryl methyl sites for hydroxylation is 2. The SMILES string of the molecule is Cc1cc(C)nc([NH+]=C(N)Nc2ccc3ccccc3c2)n1. The van der Waals surface area contributed by atoms with E-state index < -0.39 is 0 Å². The maximum absolute atomic E-state index is 6.00. The van der Waals surface area contributed by atoms with Crippen LogP contribution in [-0.4, -0.2) is 15.9 Å². The van der Waals surface area contributed by atoms with Crippen LogP contribution in [-0.2, 0) is 0 Å². The molecule has 3 rings (SSSR count). The van der Waals surface area contributed by atoms with Gasteiger partial charge in [-0.05, 0) is 36.8 Å². The van der Waals surface area contributed by atoms with Crippen molar-refractivity contribution in [2.24, 2.45) is 5.73 Å². The van der Waals surface area contributed by atoms with Crippen LogP contribution in [0.3, 0.4) is 0 Å². The molecule has 4 N–H and O–H groups in total. The quantitative estimate of drug-likeness (QED) is 0.493. The van der Waals surface area contributed by atoms with Gasteiger partial charge in [0, 0.05) is 6.07 Å². The number of nitrogens with two attached hydrogens (primary N) is 1. The Bertz CT molecular complexity index is 834. The Hall–Kier alpha value is -2.95. The third-order valence-corrected chi connectivity index (χ3v) is 3.26. The van der Waals surface area contributed by atoms with Gasteiger partial charge in [0.2, 0.25) is 0 Å². The number of fused-ring (bicyclic) bond motifs is 1. The van der Waals surface area contributed by atoms with Gasteiger partial charge in [-0.15, -0.1) is 9.97 Å². The average molecular weight is 292 g/mol. The number of aromatic nitrogens is 2. The largest absolute Gasteiger partial charge is 0.354 e. The third kappa shape index (κ3) is 3.20. The number of anilines is 1. The summed E-state index contributed by atoms with van der Waals surface area (Å²) in [5.74, 6) is 0.878. The van der Waals surface area contributed by atoms with Crippen LogP contribution in [0.15, 0.2) is 48.5 Å². The van der Waals surface area contributed by atoms with Crippen LogP contribution in [0.25, 0.3) is 10.8 Å². The highest BCUT2D eigenvalue weighted by molar-refractivity contribution is 5.92. The minimum Gasteiger partial charge on any atom is -0.322 e. The zero-order valence-electron chi connectivity index (χ0n) is 12.6. The van der Waals surface area contributed by atoms with E-state index >= 15 is 0 Å². The molecule has 0 atom stereocenters. The molecule has 0 unspecified atom stereocenters. The van der Waals surface area contributed by atoms with Crippen LogP contribution in [0.5, 0.6) is 0 Å². The van der Waals surface area contributed by atoms with E-state index in [2.05, 4.69) is 38.5 Å². The molecule has 0 spiro atoms. The van der Waals surface area contributed by atoms with E-state index in [1.165, 1.54) is 5.39 Å². The fraction of sp³-hybridized carbons (Fsp3) is 0.118. The van der Waals surface area contributed by atoms with Crippen molar-refractivity contribution in [1.82, 2.24) is 9.97 Å². The van der Waals surface area contributed by atoms with Crippen molar-refractivity contribution in [3.05, 3.63) is 59.9 Å². The molecular formula is C17H18N5+. The van der Waals surface area contributed by atoms with Gasteiger partial charge in [-0.1, -0.05) is 30.3 Å². The Labute approximate surface area is 128 Å². The Balaban J connectivity index is 1.85. The summed E-state index contributed by atoms with van der Waals surface area (Å²) in [5, 5.41) is 5.47. The highest BCUT2D eigenvalue weighted by atomic mass is 15.2. The van der Waals surface area contributed by atoms with Gasteiger partial charge in [-0.3, -0.25) is 5.32 Å². The van der Waals surface area contributed by atoms with Gasteiger partial charge in [0.1, 0.15) is 0 Å². The molecule has 22 heavy (non-hydrogen) atoms. The van der Waals surface area contributed by atoms with E-state index in [0.717, 1.165) is 22.5 Å². The molecule has 0 aliphatic rings. The summed E-state index contributed by atoms with van der Waals surface area (Å²) in [6, 6.07) is 16.2. The summed E-state index contributed by atoms with van der Waals surface area (Å²) in [5.41, 5.74) is 8.70. The third-order valence-electron chi connectivity index (χ3n) is 3.26. The van der Waals surface area contributed by atoms with E-state index in [-0.39, 0.29) is 0 Å². The number of nitrogens with one attached hydrogen (secondary N) is 2. The number of benzene rings is 2. The maximum atomic E-state index is 6.00. The summed E-state index contributed by atoms with van der Waals surface area (Å²) in [7, 11) is 0. The van der Waals surface area contributed by atoms with Crippen LogP contribution in [0.2, 0.25) is 0 Å². The zero-order valence-corrected chi connectivity index (χ0v) is 12.6. The van der Waals surface area contributed by atoms with E-state index in [4.69, 9.17) is 5.73 Å². The lowest BCUT2D eigenvalue weighted by atomic mass is 10.1. The molecule has 5 nitrogen and oxygen atoms in total. The molecule has 1 aromatic heterocycles. The van der Waals surface area contributed by atoms with Crippen molar-refractivity contribution in [2.75, 3.05) is 5.32 Å². The van der Waals surface area contributed by atoms with Crippen molar-refractivity contribution in [1.29, 1.82) is 0 Å². The van der Waals surface area contributed by atoms with Crippen molar-refractivity contribution in [3.8, 4) is 0 Å². The number of guanidine groups is 1. The van der Waals surface area contributed by atoms with E-state index in [1.807, 2.05) is 44.2 Å². The monoisotopic (exact) mass is 292 g/mol. The van der Waals surface area contributed by atoms with Gasteiger partial charge in [-0.25, -0.2) is 4.99 Å². The maximum Gasteiger partial charge on any atom is 0.354 e. The summed E-state index contributed by atoms with van der Waals surface area (Å²) in [6.07, 6.45) is 0. The molecule has 0 aliphatic heterocycles. The lowest BCUT2D eigenvalue weighted by Gasteiger charge is -2.03. The molecule has 2 aromatic carbocycles. The topological polar surface area (TPSA) is 77.8 Å². The normalized spacial score (nSPS) is 11.6. The molecule has 0 saturated carbocycles. The van der Waals surface area contributed by atoms with Gasteiger partial charge in [0.15, 0.2) is 0 Å². The van der Waals surface area contributed by atoms with Gasteiger partial charge >= 0.3 is 5.95 Å². The van der Waals surface area contributed by atoms with E-state index in [9.17, 15) is 0 Å². The summed E-state index contributed by atoms with van der Waals surface area (Å²) in [6.45, 7) is 3.85. The molecule has 1 heterocycles. The fourth-order valence-corrected chi connectivity index (χ4v) is 2.36. The number of nitrogens with zero attached hydrogens (tertiary/aromatic N) is 2. The van der Waals surface area contributed by atoms with E-state index in [0.29, 0.717) is 11.9 Å². The molecule has 0 saturated heterocycles.